The van der Waals surface area contributed by atoms with Gasteiger partial charge in [-0.3, -0.25) is 0 Å². The van der Waals surface area contributed by atoms with Gasteiger partial charge in [0.2, 0.25) is 0 Å². The van der Waals surface area contributed by atoms with Gasteiger partial charge in [-0.05, 0) is 24.3 Å². The molecule has 122 valence electrons. The lowest BCUT2D eigenvalue weighted by Gasteiger charge is -2.09. The number of methoxy groups -OCH3 is 1. The van der Waals surface area contributed by atoms with Crippen LogP contribution in [0.15, 0.2) is 42.5 Å². The first kappa shape index (κ1) is 15.6. The third kappa shape index (κ3) is 2.81. The third-order valence-corrected chi connectivity index (χ3v) is 3.31. The molecule has 0 fully saturated rings. The van der Waals surface area contributed by atoms with Crippen LogP contribution >= 0.6 is 0 Å². The molecule has 1 aromatic heterocycles. The summed E-state index contributed by atoms with van der Waals surface area (Å²) in [6.45, 7) is 0. The fourth-order valence-electron chi connectivity index (χ4n) is 2.30. The van der Waals surface area contributed by atoms with Crippen molar-refractivity contribution in [1.82, 2.24) is 15.0 Å². The van der Waals surface area contributed by atoms with Crippen molar-refractivity contribution < 1.29 is 23.4 Å². The van der Waals surface area contributed by atoms with Gasteiger partial charge in [0, 0.05) is 17.7 Å². The average molecular weight is 331 g/mol. The Morgan fingerprint density at radius 1 is 1.17 bits per heavy atom. The van der Waals surface area contributed by atoms with Crippen molar-refractivity contribution in [2.75, 3.05) is 7.11 Å². The molecule has 0 unspecified atom stereocenters. The Labute approximate surface area is 134 Å². The highest BCUT2D eigenvalue weighted by Crippen LogP contribution is 2.28. The van der Waals surface area contributed by atoms with Crippen LogP contribution in [0.5, 0.6) is 5.75 Å². The molecule has 0 atom stereocenters. The maximum atomic E-state index is 13.5. The lowest BCUT2D eigenvalue weighted by Crippen LogP contribution is -2.04. The summed E-state index contributed by atoms with van der Waals surface area (Å²) in [6, 6.07) is 9.34. The Morgan fingerprint density at radius 3 is 2.50 bits per heavy atom. The molecule has 1 heterocycles. The van der Waals surface area contributed by atoms with E-state index in [1.807, 2.05) is 0 Å². The van der Waals surface area contributed by atoms with Crippen LogP contribution in [0.4, 0.5) is 8.78 Å². The lowest BCUT2D eigenvalue weighted by atomic mass is 10.1. The molecule has 0 aliphatic rings. The zero-order valence-corrected chi connectivity index (χ0v) is 12.4. The van der Waals surface area contributed by atoms with Gasteiger partial charge >= 0.3 is 5.97 Å². The van der Waals surface area contributed by atoms with E-state index in [9.17, 15) is 18.7 Å². The van der Waals surface area contributed by atoms with E-state index in [0.29, 0.717) is 17.5 Å². The van der Waals surface area contributed by atoms with Gasteiger partial charge in [0.25, 0.3) is 0 Å². The van der Waals surface area contributed by atoms with Crippen LogP contribution in [0.1, 0.15) is 10.5 Å². The predicted molar refractivity (Wildman–Crippen MR) is 80.2 cm³/mol. The predicted octanol–water partition coefficient (Wildman–Crippen LogP) is 2.92. The summed E-state index contributed by atoms with van der Waals surface area (Å²) in [4.78, 5) is 11.4. The molecule has 0 amide bonds. The molecule has 0 spiro atoms. The number of aromatic nitrogens is 3. The Hall–Kier alpha value is -3.29. The Kier molecular flexibility index (Phi) is 3.95. The SMILES string of the molecule is COc1cccc(-n2nnc(C(=O)O)c2-c2cc(F)cc(F)c2)c1. The van der Waals surface area contributed by atoms with E-state index in [4.69, 9.17) is 4.74 Å². The summed E-state index contributed by atoms with van der Waals surface area (Å²) in [7, 11) is 1.48. The van der Waals surface area contributed by atoms with Crippen LogP contribution < -0.4 is 4.74 Å². The summed E-state index contributed by atoms with van der Waals surface area (Å²) < 4.78 is 33.4. The number of carboxylic acids is 1. The summed E-state index contributed by atoms with van der Waals surface area (Å²) in [6.07, 6.45) is 0. The molecule has 8 heteroatoms. The van der Waals surface area contributed by atoms with Gasteiger partial charge in [0.1, 0.15) is 23.1 Å². The van der Waals surface area contributed by atoms with Crippen LogP contribution in [0.2, 0.25) is 0 Å². The first-order chi connectivity index (χ1) is 11.5. The Bertz CT molecular complexity index is 904. The molecule has 0 saturated heterocycles. The van der Waals surface area contributed by atoms with E-state index in [1.54, 1.807) is 24.3 Å². The Morgan fingerprint density at radius 2 is 1.88 bits per heavy atom. The number of carbonyl (C=O) groups is 1. The average Bonchev–Trinajstić information content (AvgIpc) is 2.99. The fraction of sp³-hybridized carbons (Fsp3) is 0.0625. The van der Waals surface area contributed by atoms with E-state index in [1.165, 1.54) is 11.8 Å². The van der Waals surface area contributed by atoms with E-state index in [2.05, 4.69) is 10.3 Å². The van der Waals surface area contributed by atoms with E-state index in [-0.39, 0.29) is 11.3 Å². The third-order valence-electron chi connectivity index (χ3n) is 3.31. The van der Waals surface area contributed by atoms with Crippen molar-refractivity contribution in [1.29, 1.82) is 0 Å². The van der Waals surface area contributed by atoms with E-state index >= 15 is 0 Å². The highest BCUT2D eigenvalue weighted by Gasteiger charge is 2.22. The molecular weight excluding hydrogens is 320 g/mol. The molecule has 2 aromatic carbocycles. The maximum absolute atomic E-state index is 13.5. The molecule has 0 aliphatic carbocycles. The van der Waals surface area contributed by atoms with Gasteiger partial charge in [-0.25, -0.2) is 18.3 Å². The number of ether oxygens (including phenoxy) is 1. The minimum Gasteiger partial charge on any atom is -0.497 e. The number of halogens is 2. The number of rotatable bonds is 4. The van der Waals surface area contributed by atoms with Crippen LogP contribution in [0, 0.1) is 11.6 Å². The molecule has 0 saturated carbocycles. The standard InChI is InChI=1S/C16H11F2N3O3/c1-24-13-4-2-3-12(8-13)21-15(14(16(22)23)19-20-21)9-5-10(17)7-11(18)6-9/h2-8H,1H3,(H,22,23). The van der Waals surface area contributed by atoms with Gasteiger partial charge in [0.05, 0.1) is 12.8 Å². The van der Waals surface area contributed by atoms with Crippen molar-refractivity contribution in [3.8, 4) is 22.7 Å². The van der Waals surface area contributed by atoms with Gasteiger partial charge in [0.15, 0.2) is 5.69 Å². The number of carboxylic acid groups (broad SMARTS) is 1. The molecule has 1 N–H and O–H groups in total. The second kappa shape index (κ2) is 6.07. The minimum absolute atomic E-state index is 0.0118. The molecule has 6 nitrogen and oxygen atoms in total. The van der Waals surface area contributed by atoms with Crippen molar-refractivity contribution >= 4 is 5.97 Å². The van der Waals surface area contributed by atoms with Gasteiger partial charge in [-0.2, -0.15) is 0 Å². The molecular formula is C16H11F2N3O3. The monoisotopic (exact) mass is 331 g/mol. The topological polar surface area (TPSA) is 77.2 Å². The van der Waals surface area contributed by atoms with E-state index < -0.39 is 23.3 Å². The Balaban J connectivity index is 2.26. The number of hydrogen-bond donors (Lipinski definition) is 1. The van der Waals surface area contributed by atoms with Crippen molar-refractivity contribution in [3.63, 3.8) is 0 Å². The molecule has 24 heavy (non-hydrogen) atoms. The van der Waals surface area contributed by atoms with Gasteiger partial charge < -0.3 is 9.84 Å². The van der Waals surface area contributed by atoms with Crippen LogP contribution in [0.25, 0.3) is 16.9 Å². The number of hydrogen-bond acceptors (Lipinski definition) is 4. The number of nitrogens with zero attached hydrogens (tertiary/aromatic N) is 3. The first-order valence-electron chi connectivity index (χ1n) is 6.79. The van der Waals surface area contributed by atoms with Crippen molar-refractivity contribution in [2.45, 2.75) is 0 Å². The first-order valence-corrected chi connectivity index (χ1v) is 6.79. The summed E-state index contributed by atoms with van der Waals surface area (Å²) in [5.74, 6) is -2.51. The second-order valence-electron chi connectivity index (χ2n) is 4.86. The smallest absolute Gasteiger partial charge is 0.358 e. The highest BCUT2D eigenvalue weighted by molar-refractivity contribution is 5.93. The molecule has 0 bridgehead atoms. The van der Waals surface area contributed by atoms with Crippen molar-refractivity contribution in [3.05, 3.63) is 59.8 Å². The zero-order chi connectivity index (χ0) is 17.3. The highest BCUT2D eigenvalue weighted by atomic mass is 19.1. The van der Waals surface area contributed by atoms with Crippen molar-refractivity contribution in [2.24, 2.45) is 0 Å². The lowest BCUT2D eigenvalue weighted by molar-refractivity contribution is 0.0691. The largest absolute Gasteiger partial charge is 0.497 e. The van der Waals surface area contributed by atoms with E-state index in [0.717, 1.165) is 12.1 Å². The van der Waals surface area contributed by atoms with Crippen LogP contribution in [-0.2, 0) is 0 Å². The zero-order valence-electron chi connectivity index (χ0n) is 12.4. The summed E-state index contributed by atoms with van der Waals surface area (Å²) in [5.41, 5.74) is 0.00344. The fourth-order valence-corrected chi connectivity index (χ4v) is 2.30. The van der Waals surface area contributed by atoms with Crippen LogP contribution in [-0.4, -0.2) is 33.2 Å². The molecule has 3 rings (SSSR count). The quantitative estimate of drug-likeness (QED) is 0.795. The van der Waals surface area contributed by atoms with Gasteiger partial charge in [-0.15, -0.1) is 5.10 Å². The number of benzene rings is 2. The maximum Gasteiger partial charge on any atom is 0.358 e. The minimum atomic E-state index is -1.36. The summed E-state index contributed by atoms with van der Waals surface area (Å²) >= 11 is 0. The second-order valence-corrected chi connectivity index (χ2v) is 4.86. The van der Waals surface area contributed by atoms with Crippen LogP contribution in [0.3, 0.4) is 0 Å². The summed E-state index contributed by atoms with van der Waals surface area (Å²) in [5, 5.41) is 16.7. The molecule has 0 radical (unpaired) electrons. The molecule has 3 aromatic rings. The number of aromatic carboxylic acids is 1. The molecule has 0 aliphatic heterocycles. The normalized spacial score (nSPS) is 10.6. The van der Waals surface area contributed by atoms with Gasteiger partial charge in [-0.1, -0.05) is 11.3 Å².